The first-order valence-corrected chi connectivity index (χ1v) is 5.69. The summed E-state index contributed by atoms with van der Waals surface area (Å²) in [5, 5.41) is 8.85. The van der Waals surface area contributed by atoms with Gasteiger partial charge in [0.05, 0.1) is 6.61 Å². The van der Waals surface area contributed by atoms with E-state index in [4.69, 9.17) is 5.11 Å². The fourth-order valence-electron chi connectivity index (χ4n) is 0.782. The van der Waals surface area contributed by atoms with E-state index >= 15 is 0 Å². The van der Waals surface area contributed by atoms with Gasteiger partial charge in [0.15, 0.2) is 0 Å². The van der Waals surface area contributed by atoms with Gasteiger partial charge in [-0.05, 0) is 25.8 Å². The van der Waals surface area contributed by atoms with E-state index in [2.05, 4.69) is 13.0 Å². The van der Waals surface area contributed by atoms with E-state index < -0.39 is 0 Å². The third kappa shape index (κ3) is 11.4. The van der Waals surface area contributed by atoms with Crippen LogP contribution in [0.25, 0.3) is 0 Å². The van der Waals surface area contributed by atoms with Crippen molar-refractivity contribution in [2.24, 2.45) is 0 Å². The van der Waals surface area contributed by atoms with Crippen LogP contribution in [0.1, 0.15) is 54.9 Å². The van der Waals surface area contributed by atoms with E-state index in [9.17, 15) is 0 Å². The van der Waals surface area contributed by atoms with Crippen LogP contribution in [0.15, 0.2) is 23.3 Å². The highest BCUT2D eigenvalue weighted by Gasteiger charge is 1.93. The second-order valence-electron chi connectivity index (χ2n) is 2.27. The lowest BCUT2D eigenvalue weighted by Crippen LogP contribution is -1.91. The molecule has 0 aromatic heterocycles. The SMILES string of the molecule is C/C=C(C)\C(=C/CC)CO.CC.CC. The third-order valence-electron chi connectivity index (χ3n) is 1.56. The van der Waals surface area contributed by atoms with Crippen LogP contribution in [0.5, 0.6) is 0 Å². The maximum atomic E-state index is 8.85. The van der Waals surface area contributed by atoms with Gasteiger partial charge < -0.3 is 5.11 Å². The predicted molar refractivity (Wildman–Crippen MR) is 67.6 cm³/mol. The Bertz CT molecular complexity index is 143. The van der Waals surface area contributed by atoms with Gasteiger partial charge in [-0.3, -0.25) is 0 Å². The highest BCUT2D eigenvalue weighted by atomic mass is 16.3. The summed E-state index contributed by atoms with van der Waals surface area (Å²) in [4.78, 5) is 0. The van der Waals surface area contributed by atoms with Crippen molar-refractivity contribution >= 4 is 0 Å². The Morgan fingerprint density at radius 3 is 1.79 bits per heavy atom. The van der Waals surface area contributed by atoms with E-state index in [0.717, 1.165) is 12.0 Å². The molecule has 0 aromatic carbocycles. The Labute approximate surface area is 90.5 Å². The molecule has 0 aliphatic heterocycles. The van der Waals surface area contributed by atoms with Crippen molar-refractivity contribution in [3.63, 3.8) is 0 Å². The number of hydrogen-bond acceptors (Lipinski definition) is 1. The zero-order chi connectivity index (χ0) is 12.0. The van der Waals surface area contributed by atoms with Crippen molar-refractivity contribution in [1.29, 1.82) is 0 Å². The smallest absolute Gasteiger partial charge is 0.0681 e. The van der Waals surface area contributed by atoms with Gasteiger partial charge >= 0.3 is 0 Å². The lowest BCUT2D eigenvalue weighted by molar-refractivity contribution is 0.333. The van der Waals surface area contributed by atoms with E-state index in [-0.39, 0.29) is 6.61 Å². The minimum absolute atomic E-state index is 0.157. The number of aliphatic hydroxyl groups is 1. The number of aliphatic hydroxyl groups excluding tert-OH is 1. The van der Waals surface area contributed by atoms with Gasteiger partial charge in [0.2, 0.25) is 0 Å². The molecule has 0 rings (SSSR count). The van der Waals surface area contributed by atoms with Crippen LogP contribution in [-0.4, -0.2) is 11.7 Å². The van der Waals surface area contributed by atoms with Crippen molar-refractivity contribution in [1.82, 2.24) is 0 Å². The second kappa shape index (κ2) is 18.3. The molecule has 0 bridgehead atoms. The highest BCUT2D eigenvalue weighted by molar-refractivity contribution is 5.28. The van der Waals surface area contributed by atoms with Crippen molar-refractivity contribution in [2.45, 2.75) is 54.9 Å². The molecule has 0 aliphatic carbocycles. The maximum absolute atomic E-state index is 8.85. The molecular formula is C13H28O. The predicted octanol–water partition coefficient (Wildman–Crippen LogP) is 4.33. The lowest BCUT2D eigenvalue weighted by atomic mass is 10.1. The van der Waals surface area contributed by atoms with E-state index in [1.54, 1.807) is 0 Å². The van der Waals surface area contributed by atoms with Crippen LogP contribution >= 0.6 is 0 Å². The molecule has 0 atom stereocenters. The molecular weight excluding hydrogens is 172 g/mol. The standard InChI is InChI=1S/C9H16O.2C2H6/c1-4-6-9(7-10)8(3)5-2;2*1-2/h5-6,10H,4,7H2,1-3H3;2*1-2H3/b8-5-,9-6-;;. The summed E-state index contributed by atoms with van der Waals surface area (Å²) in [6, 6.07) is 0. The maximum Gasteiger partial charge on any atom is 0.0681 e. The first-order valence-electron chi connectivity index (χ1n) is 5.69. The van der Waals surface area contributed by atoms with Crippen LogP contribution < -0.4 is 0 Å². The lowest BCUT2D eigenvalue weighted by Gasteiger charge is -2.01. The minimum Gasteiger partial charge on any atom is -0.392 e. The molecule has 0 aromatic rings. The van der Waals surface area contributed by atoms with Gasteiger partial charge in [0.25, 0.3) is 0 Å². The number of rotatable bonds is 3. The molecule has 0 spiro atoms. The topological polar surface area (TPSA) is 20.2 Å². The molecule has 0 aliphatic rings. The fraction of sp³-hybridized carbons (Fsp3) is 0.692. The van der Waals surface area contributed by atoms with Crippen molar-refractivity contribution in [3.05, 3.63) is 23.3 Å². The molecule has 1 nitrogen and oxygen atoms in total. The van der Waals surface area contributed by atoms with Crippen molar-refractivity contribution in [3.8, 4) is 0 Å². The van der Waals surface area contributed by atoms with Crippen LogP contribution in [0.4, 0.5) is 0 Å². The quantitative estimate of drug-likeness (QED) is 0.672. The monoisotopic (exact) mass is 200 g/mol. The zero-order valence-corrected chi connectivity index (χ0v) is 11.0. The molecule has 0 fully saturated rings. The van der Waals surface area contributed by atoms with Crippen molar-refractivity contribution in [2.75, 3.05) is 6.61 Å². The Morgan fingerprint density at radius 2 is 1.57 bits per heavy atom. The number of hydrogen-bond donors (Lipinski definition) is 1. The largest absolute Gasteiger partial charge is 0.392 e. The van der Waals surface area contributed by atoms with E-state index in [1.165, 1.54) is 5.57 Å². The average Bonchev–Trinajstić information content (AvgIpc) is 2.30. The first kappa shape index (κ1) is 19.1. The molecule has 0 saturated heterocycles. The summed E-state index contributed by atoms with van der Waals surface area (Å²) < 4.78 is 0. The fourth-order valence-corrected chi connectivity index (χ4v) is 0.782. The van der Waals surface area contributed by atoms with Gasteiger partial charge in [0, 0.05) is 0 Å². The van der Waals surface area contributed by atoms with Crippen LogP contribution in [0.2, 0.25) is 0 Å². The highest BCUT2D eigenvalue weighted by Crippen LogP contribution is 2.08. The summed E-state index contributed by atoms with van der Waals surface area (Å²) >= 11 is 0. The summed E-state index contributed by atoms with van der Waals surface area (Å²) in [5.41, 5.74) is 2.22. The van der Waals surface area contributed by atoms with Gasteiger partial charge in [-0.1, -0.05) is 52.3 Å². The van der Waals surface area contributed by atoms with Gasteiger partial charge in [0.1, 0.15) is 0 Å². The summed E-state index contributed by atoms with van der Waals surface area (Å²) in [6.45, 7) is 14.2. The van der Waals surface area contributed by atoms with Crippen LogP contribution in [0.3, 0.4) is 0 Å². The molecule has 0 radical (unpaired) electrons. The molecule has 0 unspecified atom stereocenters. The van der Waals surface area contributed by atoms with Crippen molar-refractivity contribution < 1.29 is 5.11 Å². The normalized spacial score (nSPS) is 10.9. The Hall–Kier alpha value is -0.560. The summed E-state index contributed by atoms with van der Waals surface area (Å²) in [7, 11) is 0. The molecule has 1 heteroatoms. The first-order chi connectivity index (χ1) is 6.76. The summed E-state index contributed by atoms with van der Waals surface area (Å²) in [6.07, 6.45) is 5.05. The van der Waals surface area contributed by atoms with E-state index in [0.29, 0.717) is 0 Å². The van der Waals surface area contributed by atoms with Gasteiger partial charge in [-0.2, -0.15) is 0 Å². The summed E-state index contributed by atoms with van der Waals surface area (Å²) in [5.74, 6) is 0. The molecule has 0 saturated carbocycles. The number of allylic oxidation sites excluding steroid dienone is 2. The Morgan fingerprint density at radius 1 is 1.14 bits per heavy atom. The molecule has 86 valence electrons. The van der Waals surface area contributed by atoms with Crippen LogP contribution in [0, 0.1) is 0 Å². The van der Waals surface area contributed by atoms with Crippen LogP contribution in [-0.2, 0) is 0 Å². The minimum atomic E-state index is 0.157. The molecule has 1 N–H and O–H groups in total. The van der Waals surface area contributed by atoms with E-state index in [1.807, 2.05) is 47.6 Å². The molecule has 0 amide bonds. The van der Waals surface area contributed by atoms with Gasteiger partial charge in [-0.15, -0.1) is 0 Å². The average molecular weight is 200 g/mol. The third-order valence-corrected chi connectivity index (χ3v) is 1.56. The molecule has 14 heavy (non-hydrogen) atoms. The Balaban J connectivity index is -0.000000266. The zero-order valence-electron chi connectivity index (χ0n) is 11.0. The Kier molecular flexibility index (Phi) is 24.9. The molecule has 0 heterocycles. The second-order valence-corrected chi connectivity index (χ2v) is 2.27. The van der Waals surface area contributed by atoms with Gasteiger partial charge in [-0.25, -0.2) is 0 Å².